The SMILES string of the molecule is C[C@H](NC(=O)OC(C)(C)C)c1nc2cccc(Br)c2c(=O)n1-c1ccccc1. The van der Waals surface area contributed by atoms with E-state index in [2.05, 4.69) is 26.2 Å². The van der Waals surface area contributed by atoms with Gasteiger partial charge in [0.15, 0.2) is 0 Å². The minimum atomic E-state index is -0.620. The number of rotatable bonds is 3. The van der Waals surface area contributed by atoms with E-state index in [4.69, 9.17) is 4.74 Å². The molecule has 1 heterocycles. The molecule has 0 fully saturated rings. The Bertz CT molecular complexity index is 1070. The first-order chi connectivity index (χ1) is 13.2. The predicted molar refractivity (Wildman–Crippen MR) is 113 cm³/mol. The van der Waals surface area contributed by atoms with Gasteiger partial charge in [-0.2, -0.15) is 0 Å². The van der Waals surface area contributed by atoms with Crippen molar-refractivity contribution >= 4 is 32.9 Å². The van der Waals surface area contributed by atoms with Gasteiger partial charge in [0.25, 0.3) is 5.56 Å². The number of aromatic nitrogens is 2. The summed E-state index contributed by atoms with van der Waals surface area (Å²) in [5.41, 5.74) is 0.395. The molecule has 0 spiro atoms. The van der Waals surface area contributed by atoms with Gasteiger partial charge in [0.2, 0.25) is 0 Å². The van der Waals surface area contributed by atoms with Gasteiger partial charge in [0.1, 0.15) is 11.4 Å². The van der Waals surface area contributed by atoms with Crippen molar-refractivity contribution in [1.29, 1.82) is 0 Å². The Morgan fingerprint density at radius 2 is 1.82 bits per heavy atom. The Labute approximate surface area is 171 Å². The first-order valence-electron chi connectivity index (χ1n) is 8.93. The smallest absolute Gasteiger partial charge is 0.408 e. The largest absolute Gasteiger partial charge is 0.444 e. The quantitative estimate of drug-likeness (QED) is 0.634. The van der Waals surface area contributed by atoms with E-state index in [0.29, 0.717) is 26.9 Å². The summed E-state index contributed by atoms with van der Waals surface area (Å²) in [7, 11) is 0. The number of alkyl carbamates (subject to hydrolysis) is 1. The van der Waals surface area contributed by atoms with Crippen LogP contribution >= 0.6 is 15.9 Å². The van der Waals surface area contributed by atoms with Crippen LogP contribution in [0.1, 0.15) is 39.6 Å². The van der Waals surface area contributed by atoms with Gasteiger partial charge in [-0.25, -0.2) is 9.78 Å². The van der Waals surface area contributed by atoms with Crippen molar-refractivity contribution in [2.45, 2.75) is 39.3 Å². The van der Waals surface area contributed by atoms with Crippen LogP contribution < -0.4 is 10.9 Å². The lowest BCUT2D eigenvalue weighted by molar-refractivity contribution is 0.0505. The third kappa shape index (κ3) is 4.25. The fraction of sp³-hybridized carbons (Fsp3) is 0.286. The molecule has 0 radical (unpaired) electrons. The van der Waals surface area contributed by atoms with E-state index in [1.165, 1.54) is 4.57 Å². The maximum atomic E-state index is 13.3. The van der Waals surface area contributed by atoms with Gasteiger partial charge < -0.3 is 10.1 Å². The van der Waals surface area contributed by atoms with Crippen LogP contribution in [0.4, 0.5) is 4.79 Å². The van der Waals surface area contributed by atoms with Crippen molar-refractivity contribution in [2.24, 2.45) is 0 Å². The molecule has 7 heteroatoms. The van der Waals surface area contributed by atoms with Crippen molar-refractivity contribution in [1.82, 2.24) is 14.9 Å². The topological polar surface area (TPSA) is 73.2 Å². The molecule has 0 aliphatic heterocycles. The number of para-hydroxylation sites is 1. The number of ether oxygens (including phenoxy) is 1. The molecule has 1 amide bonds. The number of fused-ring (bicyclic) bond motifs is 1. The van der Waals surface area contributed by atoms with Crippen molar-refractivity contribution in [3.8, 4) is 5.69 Å². The van der Waals surface area contributed by atoms with Crippen molar-refractivity contribution in [2.75, 3.05) is 0 Å². The third-order valence-electron chi connectivity index (χ3n) is 4.01. The maximum absolute atomic E-state index is 13.3. The molecule has 2 aromatic carbocycles. The second-order valence-electron chi connectivity index (χ2n) is 7.45. The van der Waals surface area contributed by atoms with Crippen molar-refractivity contribution < 1.29 is 9.53 Å². The average molecular weight is 444 g/mol. The minimum absolute atomic E-state index is 0.212. The van der Waals surface area contributed by atoms with Gasteiger partial charge in [-0.15, -0.1) is 0 Å². The normalized spacial score (nSPS) is 12.6. The highest BCUT2D eigenvalue weighted by Gasteiger charge is 2.23. The number of carbonyl (C=O) groups excluding carboxylic acids is 1. The molecule has 1 atom stereocenters. The minimum Gasteiger partial charge on any atom is -0.444 e. The summed E-state index contributed by atoms with van der Waals surface area (Å²) in [5, 5.41) is 3.26. The lowest BCUT2D eigenvalue weighted by Crippen LogP contribution is -2.37. The van der Waals surface area contributed by atoms with Crippen LogP contribution in [0.25, 0.3) is 16.6 Å². The molecule has 0 saturated carbocycles. The summed E-state index contributed by atoms with van der Waals surface area (Å²) in [6, 6.07) is 14.1. The summed E-state index contributed by atoms with van der Waals surface area (Å²) >= 11 is 3.45. The fourth-order valence-corrected chi connectivity index (χ4v) is 3.40. The Balaban J connectivity index is 2.15. The van der Waals surface area contributed by atoms with E-state index in [9.17, 15) is 9.59 Å². The highest BCUT2D eigenvalue weighted by molar-refractivity contribution is 9.10. The second kappa shape index (κ2) is 7.75. The second-order valence-corrected chi connectivity index (χ2v) is 8.30. The summed E-state index contributed by atoms with van der Waals surface area (Å²) in [6.45, 7) is 7.16. The Morgan fingerprint density at radius 1 is 1.14 bits per heavy atom. The Hall–Kier alpha value is -2.67. The summed E-state index contributed by atoms with van der Waals surface area (Å²) in [4.78, 5) is 30.3. The number of hydrogen-bond donors (Lipinski definition) is 1. The number of nitrogens with one attached hydrogen (secondary N) is 1. The van der Waals surface area contributed by atoms with E-state index in [0.717, 1.165) is 0 Å². The van der Waals surface area contributed by atoms with Crippen LogP contribution in [0.5, 0.6) is 0 Å². The Morgan fingerprint density at radius 3 is 2.46 bits per heavy atom. The zero-order valence-electron chi connectivity index (χ0n) is 16.2. The van der Waals surface area contributed by atoms with Crippen LogP contribution in [0.15, 0.2) is 57.8 Å². The van der Waals surface area contributed by atoms with E-state index in [-0.39, 0.29) is 5.56 Å². The third-order valence-corrected chi connectivity index (χ3v) is 4.67. The lowest BCUT2D eigenvalue weighted by Gasteiger charge is -2.23. The molecule has 0 unspecified atom stereocenters. The standard InChI is InChI=1S/C21H22BrN3O3/c1-13(23-20(27)28-21(2,3)4)18-24-16-12-8-11-15(22)17(16)19(26)25(18)14-9-6-5-7-10-14/h5-13H,1-4H3,(H,23,27)/t13-/m0/s1. The molecule has 3 aromatic rings. The highest BCUT2D eigenvalue weighted by atomic mass is 79.9. The van der Waals surface area contributed by atoms with Gasteiger partial charge >= 0.3 is 6.09 Å². The molecular weight excluding hydrogens is 422 g/mol. The van der Waals surface area contributed by atoms with Gasteiger partial charge in [-0.05, 0) is 67.9 Å². The number of halogens is 1. The van der Waals surface area contributed by atoms with Crippen LogP contribution in [-0.4, -0.2) is 21.2 Å². The molecule has 28 heavy (non-hydrogen) atoms. The zero-order chi connectivity index (χ0) is 20.5. The molecule has 0 aliphatic carbocycles. The predicted octanol–water partition coefficient (Wildman–Crippen LogP) is 4.73. The molecule has 1 aromatic heterocycles. The number of benzene rings is 2. The molecule has 0 bridgehead atoms. The zero-order valence-corrected chi connectivity index (χ0v) is 17.8. The molecule has 146 valence electrons. The molecule has 1 N–H and O–H groups in total. The monoisotopic (exact) mass is 443 g/mol. The van der Waals surface area contributed by atoms with Crippen LogP contribution in [0.3, 0.4) is 0 Å². The van der Waals surface area contributed by atoms with Gasteiger partial charge in [0.05, 0.1) is 22.6 Å². The van der Waals surface area contributed by atoms with E-state index < -0.39 is 17.7 Å². The number of nitrogens with zero attached hydrogens (tertiary/aromatic N) is 2. The highest BCUT2D eigenvalue weighted by Crippen LogP contribution is 2.23. The number of hydrogen-bond acceptors (Lipinski definition) is 4. The van der Waals surface area contributed by atoms with Gasteiger partial charge in [-0.3, -0.25) is 9.36 Å². The lowest BCUT2D eigenvalue weighted by atomic mass is 10.2. The molecule has 0 aliphatic rings. The van der Waals surface area contributed by atoms with Crippen LogP contribution in [0.2, 0.25) is 0 Å². The van der Waals surface area contributed by atoms with E-state index >= 15 is 0 Å². The summed E-state index contributed by atoms with van der Waals surface area (Å²) in [6.07, 6.45) is -0.566. The number of carbonyl (C=O) groups is 1. The first-order valence-corrected chi connectivity index (χ1v) is 9.73. The van der Waals surface area contributed by atoms with Crippen LogP contribution in [0, 0.1) is 0 Å². The molecule has 0 saturated heterocycles. The molecule has 6 nitrogen and oxygen atoms in total. The van der Waals surface area contributed by atoms with Crippen LogP contribution in [-0.2, 0) is 4.74 Å². The Kier molecular flexibility index (Phi) is 5.56. The van der Waals surface area contributed by atoms with E-state index in [1.54, 1.807) is 33.8 Å². The van der Waals surface area contributed by atoms with Crippen molar-refractivity contribution in [3.05, 3.63) is 69.2 Å². The van der Waals surface area contributed by atoms with Gasteiger partial charge in [0, 0.05) is 4.47 Å². The van der Waals surface area contributed by atoms with Gasteiger partial charge in [-0.1, -0.05) is 24.3 Å². The maximum Gasteiger partial charge on any atom is 0.408 e. The van der Waals surface area contributed by atoms with E-state index in [1.807, 2.05) is 42.5 Å². The molecular formula is C21H22BrN3O3. The average Bonchev–Trinajstić information content (AvgIpc) is 2.60. The summed E-state index contributed by atoms with van der Waals surface area (Å²) in [5.74, 6) is 0.424. The molecule has 3 rings (SSSR count). The van der Waals surface area contributed by atoms with Crippen molar-refractivity contribution in [3.63, 3.8) is 0 Å². The number of amides is 1. The summed E-state index contributed by atoms with van der Waals surface area (Å²) < 4.78 is 7.54. The first kappa shape index (κ1) is 20.1. The fourth-order valence-electron chi connectivity index (χ4n) is 2.87.